The molecule has 4 rings (SSSR count). The van der Waals surface area contributed by atoms with Crippen molar-refractivity contribution < 1.29 is 13.2 Å². The second kappa shape index (κ2) is 7.68. The Hall–Kier alpha value is -2.18. The van der Waals surface area contributed by atoms with Crippen molar-refractivity contribution in [2.45, 2.75) is 50.1 Å². The van der Waals surface area contributed by atoms with Crippen LogP contribution in [0, 0.1) is 5.92 Å². The van der Waals surface area contributed by atoms with E-state index in [0.717, 1.165) is 36.0 Å². The minimum atomic E-state index is -3.70. The standard InChI is InChI=1S/C22H26N2O3S/c1-16(17-7-3-2-4-8-17)23-28(26,27)21-12-6-9-18-13-14-24(15-20(18)21)22(25)19-10-5-11-19/h2-4,6-9,12,16,19,23H,5,10-11,13-15H2,1H3. The average Bonchev–Trinajstić information content (AvgIpc) is 2.66. The van der Waals surface area contributed by atoms with Crippen LogP contribution in [0.2, 0.25) is 0 Å². The van der Waals surface area contributed by atoms with Crippen LogP contribution in [0.1, 0.15) is 48.9 Å². The molecule has 2 aromatic carbocycles. The molecule has 2 aromatic rings. The molecule has 6 heteroatoms. The molecule has 1 unspecified atom stereocenters. The Labute approximate surface area is 166 Å². The third-order valence-corrected chi connectivity index (χ3v) is 7.54. The van der Waals surface area contributed by atoms with Gasteiger partial charge in [0, 0.05) is 25.0 Å². The van der Waals surface area contributed by atoms with Gasteiger partial charge in [0.25, 0.3) is 0 Å². The summed E-state index contributed by atoms with van der Waals surface area (Å²) in [6.07, 6.45) is 3.73. The second-order valence-corrected chi connectivity index (χ2v) is 9.47. The van der Waals surface area contributed by atoms with E-state index < -0.39 is 10.0 Å². The van der Waals surface area contributed by atoms with Gasteiger partial charge in [0.15, 0.2) is 0 Å². The van der Waals surface area contributed by atoms with Gasteiger partial charge in [-0.1, -0.05) is 48.9 Å². The van der Waals surface area contributed by atoms with Gasteiger partial charge in [-0.05, 0) is 48.9 Å². The topological polar surface area (TPSA) is 66.5 Å². The first-order valence-corrected chi connectivity index (χ1v) is 11.4. The Kier molecular flexibility index (Phi) is 5.25. The number of amides is 1. The summed E-state index contributed by atoms with van der Waals surface area (Å²) in [4.78, 5) is 14.8. The van der Waals surface area contributed by atoms with Crippen molar-refractivity contribution in [1.29, 1.82) is 0 Å². The highest BCUT2D eigenvalue weighted by Crippen LogP contribution is 2.32. The van der Waals surface area contributed by atoms with Crippen LogP contribution in [0.3, 0.4) is 0 Å². The number of benzene rings is 2. The highest BCUT2D eigenvalue weighted by atomic mass is 32.2. The van der Waals surface area contributed by atoms with Crippen molar-refractivity contribution in [2.75, 3.05) is 6.54 Å². The van der Waals surface area contributed by atoms with Crippen LogP contribution >= 0.6 is 0 Å². The van der Waals surface area contributed by atoms with Crippen LogP contribution in [0.4, 0.5) is 0 Å². The predicted octanol–water partition coefficient (Wildman–Crippen LogP) is 3.41. The fraction of sp³-hybridized carbons (Fsp3) is 0.409. The summed E-state index contributed by atoms with van der Waals surface area (Å²) < 4.78 is 29.1. The van der Waals surface area contributed by atoms with Gasteiger partial charge < -0.3 is 4.90 Å². The maximum absolute atomic E-state index is 13.2. The SMILES string of the molecule is CC(NS(=O)(=O)c1cccc2c1CN(C(=O)C1CCC1)CC2)c1ccccc1. The van der Waals surface area contributed by atoms with E-state index in [1.54, 1.807) is 12.1 Å². The van der Waals surface area contributed by atoms with Crippen molar-refractivity contribution in [3.63, 3.8) is 0 Å². The van der Waals surface area contributed by atoms with E-state index in [2.05, 4.69) is 4.72 Å². The number of nitrogens with zero attached hydrogens (tertiary/aromatic N) is 1. The maximum atomic E-state index is 13.2. The van der Waals surface area contributed by atoms with Crippen molar-refractivity contribution in [3.8, 4) is 0 Å². The molecule has 28 heavy (non-hydrogen) atoms. The van der Waals surface area contributed by atoms with Crippen LogP contribution in [0.15, 0.2) is 53.4 Å². The fourth-order valence-corrected chi connectivity index (χ4v) is 5.52. The molecule has 0 radical (unpaired) electrons. The van der Waals surface area contributed by atoms with Crippen molar-refractivity contribution in [2.24, 2.45) is 5.92 Å². The minimum Gasteiger partial charge on any atom is -0.338 e. The van der Waals surface area contributed by atoms with Crippen LogP contribution in [0.5, 0.6) is 0 Å². The largest absolute Gasteiger partial charge is 0.338 e. The zero-order valence-corrected chi connectivity index (χ0v) is 16.9. The Morgan fingerprint density at radius 3 is 2.54 bits per heavy atom. The smallest absolute Gasteiger partial charge is 0.241 e. The lowest BCUT2D eigenvalue weighted by Gasteiger charge is -2.35. The van der Waals surface area contributed by atoms with Gasteiger partial charge in [-0.15, -0.1) is 0 Å². The summed E-state index contributed by atoms with van der Waals surface area (Å²) in [6.45, 7) is 2.88. The first kappa shape index (κ1) is 19.2. The van der Waals surface area contributed by atoms with Gasteiger partial charge in [0.05, 0.1) is 4.90 Å². The van der Waals surface area contributed by atoms with Crippen LogP contribution in [0.25, 0.3) is 0 Å². The Balaban J connectivity index is 1.59. The molecule has 1 saturated carbocycles. The molecule has 1 fully saturated rings. The molecule has 0 spiro atoms. The minimum absolute atomic E-state index is 0.126. The molecule has 1 amide bonds. The summed E-state index contributed by atoms with van der Waals surface area (Å²) in [6, 6.07) is 14.6. The predicted molar refractivity (Wildman–Crippen MR) is 108 cm³/mol. The monoisotopic (exact) mass is 398 g/mol. The molecule has 148 valence electrons. The highest BCUT2D eigenvalue weighted by Gasteiger charge is 2.33. The number of hydrogen-bond acceptors (Lipinski definition) is 3. The lowest BCUT2D eigenvalue weighted by Crippen LogP contribution is -2.42. The Morgan fingerprint density at radius 2 is 1.86 bits per heavy atom. The summed E-state index contributed by atoms with van der Waals surface area (Å²) in [5.74, 6) is 0.302. The molecule has 1 atom stereocenters. The normalized spacial score (nSPS) is 18.2. The highest BCUT2D eigenvalue weighted by molar-refractivity contribution is 7.89. The van der Waals surface area contributed by atoms with E-state index in [4.69, 9.17) is 0 Å². The zero-order chi connectivity index (χ0) is 19.7. The molecular weight excluding hydrogens is 372 g/mol. The summed E-state index contributed by atoms with van der Waals surface area (Å²) >= 11 is 0. The summed E-state index contributed by atoms with van der Waals surface area (Å²) in [5, 5.41) is 0. The fourth-order valence-electron chi connectivity index (χ4n) is 4.01. The Morgan fingerprint density at radius 1 is 1.11 bits per heavy atom. The molecule has 0 saturated heterocycles. The molecule has 1 heterocycles. The van der Waals surface area contributed by atoms with Crippen molar-refractivity contribution in [1.82, 2.24) is 9.62 Å². The van der Waals surface area contributed by atoms with Crippen molar-refractivity contribution in [3.05, 3.63) is 65.2 Å². The van der Waals surface area contributed by atoms with E-state index in [-0.39, 0.29) is 17.9 Å². The average molecular weight is 399 g/mol. The number of carbonyl (C=O) groups is 1. The van der Waals surface area contributed by atoms with E-state index in [0.29, 0.717) is 24.4 Å². The number of rotatable bonds is 5. The quantitative estimate of drug-likeness (QED) is 0.839. The molecular formula is C22H26N2O3S. The second-order valence-electron chi connectivity index (χ2n) is 7.79. The molecule has 1 N–H and O–H groups in total. The van der Waals surface area contributed by atoms with Crippen molar-refractivity contribution >= 4 is 15.9 Å². The maximum Gasteiger partial charge on any atom is 0.241 e. The number of hydrogen-bond donors (Lipinski definition) is 1. The zero-order valence-electron chi connectivity index (χ0n) is 16.1. The van der Waals surface area contributed by atoms with E-state index in [1.807, 2.05) is 48.2 Å². The van der Waals surface area contributed by atoms with Gasteiger partial charge in [0.1, 0.15) is 0 Å². The number of nitrogens with one attached hydrogen (secondary N) is 1. The number of fused-ring (bicyclic) bond motifs is 1. The first-order chi connectivity index (χ1) is 13.5. The number of carbonyl (C=O) groups excluding carboxylic acids is 1. The molecule has 0 aromatic heterocycles. The first-order valence-electron chi connectivity index (χ1n) is 9.92. The molecule has 0 bridgehead atoms. The van der Waals surface area contributed by atoms with E-state index in [9.17, 15) is 13.2 Å². The van der Waals surface area contributed by atoms with Gasteiger partial charge in [-0.3, -0.25) is 4.79 Å². The lowest BCUT2D eigenvalue weighted by atomic mass is 9.84. The third-order valence-electron chi connectivity index (χ3n) is 5.92. The molecule has 1 aliphatic heterocycles. The lowest BCUT2D eigenvalue weighted by molar-refractivity contribution is -0.139. The molecule has 2 aliphatic rings. The van der Waals surface area contributed by atoms with Gasteiger partial charge >= 0.3 is 0 Å². The number of sulfonamides is 1. The van der Waals surface area contributed by atoms with Gasteiger partial charge in [-0.2, -0.15) is 0 Å². The molecule has 1 aliphatic carbocycles. The molecule has 5 nitrogen and oxygen atoms in total. The van der Waals surface area contributed by atoms with Gasteiger partial charge in [0.2, 0.25) is 15.9 Å². The Bertz CT molecular complexity index is 969. The summed E-state index contributed by atoms with van der Waals surface area (Å²) in [7, 11) is -3.70. The van der Waals surface area contributed by atoms with E-state index in [1.165, 1.54) is 0 Å². The van der Waals surface area contributed by atoms with Crippen LogP contribution < -0.4 is 4.72 Å². The summed E-state index contributed by atoms with van der Waals surface area (Å²) in [5.41, 5.74) is 2.69. The van der Waals surface area contributed by atoms with Crippen LogP contribution in [-0.2, 0) is 27.8 Å². The van der Waals surface area contributed by atoms with Crippen LogP contribution in [-0.4, -0.2) is 25.8 Å². The third kappa shape index (κ3) is 3.71. The van der Waals surface area contributed by atoms with Gasteiger partial charge in [-0.25, -0.2) is 13.1 Å². The van der Waals surface area contributed by atoms with E-state index >= 15 is 0 Å².